The van der Waals surface area contributed by atoms with Crippen LogP contribution in [-0.2, 0) is 11.3 Å². The van der Waals surface area contributed by atoms with E-state index in [-0.39, 0.29) is 5.97 Å². The van der Waals surface area contributed by atoms with Crippen LogP contribution in [0, 0.1) is 0 Å². The Labute approximate surface area is 90.7 Å². The molecule has 0 atom stereocenters. The topological polar surface area (TPSA) is 30.7 Å². The van der Waals surface area contributed by atoms with Gasteiger partial charge in [0.1, 0.15) is 6.54 Å². The molecule has 3 nitrogen and oxygen atoms in total. The van der Waals surface area contributed by atoms with Crippen molar-refractivity contribution in [2.24, 2.45) is 0 Å². The largest absolute Gasteiger partial charge is 0.462 e. The molecule has 3 heteroatoms. The lowest BCUT2D eigenvalue weighted by Gasteiger charge is -2.07. The van der Waals surface area contributed by atoms with Crippen LogP contribution in [0.3, 0.4) is 0 Å². The molecule has 0 saturated heterocycles. The standard InChI is InChI=1S/C12H17NO2/c1-4-15-12(14)11-7-5-10(6-8-11)9-13(2)3/h5-8H,4,9H2,1-3H3/p+1. The molecule has 1 N–H and O–H groups in total. The van der Waals surface area contributed by atoms with E-state index >= 15 is 0 Å². The highest BCUT2D eigenvalue weighted by molar-refractivity contribution is 5.89. The first-order chi connectivity index (χ1) is 7.13. The first kappa shape index (κ1) is 11.7. The number of rotatable bonds is 4. The molecule has 0 amide bonds. The fourth-order valence-corrected chi connectivity index (χ4v) is 1.38. The molecule has 0 aliphatic rings. The minimum atomic E-state index is -0.249. The summed E-state index contributed by atoms with van der Waals surface area (Å²) >= 11 is 0. The van der Waals surface area contributed by atoms with E-state index in [1.165, 1.54) is 10.5 Å². The maximum atomic E-state index is 11.4. The van der Waals surface area contributed by atoms with Crippen molar-refractivity contribution in [2.75, 3.05) is 20.7 Å². The second kappa shape index (κ2) is 5.51. The Morgan fingerprint density at radius 1 is 1.27 bits per heavy atom. The van der Waals surface area contributed by atoms with Gasteiger partial charge in [-0.1, -0.05) is 12.1 Å². The summed E-state index contributed by atoms with van der Waals surface area (Å²) in [6.07, 6.45) is 0. The molecule has 0 fully saturated rings. The van der Waals surface area contributed by atoms with Crippen LogP contribution in [0.15, 0.2) is 24.3 Å². The minimum absolute atomic E-state index is 0.249. The third-order valence-corrected chi connectivity index (χ3v) is 2.02. The highest BCUT2D eigenvalue weighted by atomic mass is 16.5. The van der Waals surface area contributed by atoms with E-state index in [1.54, 1.807) is 0 Å². The Bertz CT molecular complexity index is 317. The third kappa shape index (κ3) is 3.72. The van der Waals surface area contributed by atoms with Crippen LogP contribution in [0.1, 0.15) is 22.8 Å². The second-order valence-corrected chi connectivity index (χ2v) is 3.80. The highest BCUT2D eigenvalue weighted by Crippen LogP contribution is 2.05. The Balaban J connectivity index is 2.67. The summed E-state index contributed by atoms with van der Waals surface area (Å²) in [5.74, 6) is -0.249. The van der Waals surface area contributed by atoms with Gasteiger partial charge in [-0.15, -0.1) is 0 Å². The molecule has 0 aliphatic heterocycles. The van der Waals surface area contributed by atoms with Crippen LogP contribution < -0.4 is 4.90 Å². The van der Waals surface area contributed by atoms with Crippen LogP contribution in [0.2, 0.25) is 0 Å². The number of carbonyl (C=O) groups excluding carboxylic acids is 1. The number of nitrogens with one attached hydrogen (secondary N) is 1. The Morgan fingerprint density at radius 2 is 1.87 bits per heavy atom. The number of hydrogen-bond donors (Lipinski definition) is 1. The van der Waals surface area contributed by atoms with Gasteiger partial charge >= 0.3 is 5.97 Å². The molecule has 0 spiro atoms. The van der Waals surface area contributed by atoms with E-state index in [9.17, 15) is 4.79 Å². The predicted molar refractivity (Wildman–Crippen MR) is 58.9 cm³/mol. The predicted octanol–water partition coefficient (Wildman–Crippen LogP) is 0.508. The summed E-state index contributed by atoms with van der Waals surface area (Å²) in [5, 5.41) is 0. The normalized spacial score (nSPS) is 10.4. The number of benzene rings is 1. The highest BCUT2D eigenvalue weighted by Gasteiger charge is 2.06. The summed E-state index contributed by atoms with van der Waals surface area (Å²) < 4.78 is 4.90. The van der Waals surface area contributed by atoms with Crippen LogP contribution in [0.4, 0.5) is 0 Å². The maximum absolute atomic E-state index is 11.4. The van der Waals surface area contributed by atoms with E-state index in [2.05, 4.69) is 14.1 Å². The Morgan fingerprint density at radius 3 is 2.33 bits per heavy atom. The fourth-order valence-electron chi connectivity index (χ4n) is 1.38. The quantitative estimate of drug-likeness (QED) is 0.731. The van der Waals surface area contributed by atoms with E-state index in [0.29, 0.717) is 12.2 Å². The zero-order valence-electron chi connectivity index (χ0n) is 9.54. The van der Waals surface area contributed by atoms with Gasteiger partial charge < -0.3 is 9.64 Å². The van der Waals surface area contributed by atoms with Crippen molar-refractivity contribution < 1.29 is 14.4 Å². The lowest BCUT2D eigenvalue weighted by Crippen LogP contribution is -3.04. The van der Waals surface area contributed by atoms with Crippen molar-refractivity contribution in [3.63, 3.8) is 0 Å². The van der Waals surface area contributed by atoms with Crippen LogP contribution in [0.5, 0.6) is 0 Å². The average molecular weight is 208 g/mol. The van der Waals surface area contributed by atoms with Crippen LogP contribution >= 0.6 is 0 Å². The van der Waals surface area contributed by atoms with Crippen LogP contribution in [-0.4, -0.2) is 26.7 Å². The molecule has 0 heterocycles. The molecule has 0 bridgehead atoms. The van der Waals surface area contributed by atoms with Crippen molar-refractivity contribution in [3.05, 3.63) is 35.4 Å². The number of ether oxygens (including phenoxy) is 1. The molecule has 15 heavy (non-hydrogen) atoms. The van der Waals surface area contributed by atoms with Gasteiger partial charge in [0.15, 0.2) is 0 Å². The van der Waals surface area contributed by atoms with Gasteiger partial charge in [0.2, 0.25) is 0 Å². The van der Waals surface area contributed by atoms with E-state index in [1.807, 2.05) is 31.2 Å². The lowest BCUT2D eigenvalue weighted by molar-refractivity contribution is -0.872. The number of esters is 1. The van der Waals surface area contributed by atoms with Crippen LogP contribution in [0.25, 0.3) is 0 Å². The number of carbonyl (C=O) groups is 1. The zero-order chi connectivity index (χ0) is 11.3. The Kier molecular flexibility index (Phi) is 4.31. The third-order valence-electron chi connectivity index (χ3n) is 2.02. The maximum Gasteiger partial charge on any atom is 0.338 e. The zero-order valence-corrected chi connectivity index (χ0v) is 9.54. The second-order valence-electron chi connectivity index (χ2n) is 3.80. The van der Waals surface area contributed by atoms with Gasteiger partial charge in [0.25, 0.3) is 0 Å². The summed E-state index contributed by atoms with van der Waals surface area (Å²) in [5.41, 5.74) is 1.84. The van der Waals surface area contributed by atoms with Crippen molar-refractivity contribution >= 4 is 5.97 Å². The average Bonchev–Trinajstić information content (AvgIpc) is 2.18. The van der Waals surface area contributed by atoms with Gasteiger partial charge in [-0.2, -0.15) is 0 Å². The van der Waals surface area contributed by atoms with Gasteiger partial charge in [-0.25, -0.2) is 4.79 Å². The molecule has 1 rings (SSSR count). The molecule has 0 radical (unpaired) electrons. The number of quaternary nitrogens is 1. The molecule has 1 aromatic rings. The van der Waals surface area contributed by atoms with E-state index in [4.69, 9.17) is 4.74 Å². The summed E-state index contributed by atoms with van der Waals surface area (Å²) in [6, 6.07) is 7.57. The molecule has 0 aliphatic carbocycles. The van der Waals surface area contributed by atoms with Crippen molar-refractivity contribution in [1.82, 2.24) is 0 Å². The van der Waals surface area contributed by atoms with Gasteiger partial charge in [-0.05, 0) is 19.1 Å². The smallest absolute Gasteiger partial charge is 0.338 e. The van der Waals surface area contributed by atoms with Gasteiger partial charge in [-0.3, -0.25) is 0 Å². The molecular formula is C12H18NO2+. The van der Waals surface area contributed by atoms with Crippen molar-refractivity contribution in [1.29, 1.82) is 0 Å². The molecule has 0 saturated carbocycles. The first-order valence-electron chi connectivity index (χ1n) is 5.18. The van der Waals surface area contributed by atoms with E-state index in [0.717, 1.165) is 6.54 Å². The molecule has 0 aromatic heterocycles. The molecule has 1 aromatic carbocycles. The molecule has 82 valence electrons. The lowest BCUT2D eigenvalue weighted by atomic mass is 10.1. The Hall–Kier alpha value is -1.35. The molecule has 0 unspecified atom stereocenters. The summed E-state index contributed by atoms with van der Waals surface area (Å²) in [7, 11) is 4.19. The van der Waals surface area contributed by atoms with Crippen molar-refractivity contribution in [2.45, 2.75) is 13.5 Å². The summed E-state index contributed by atoms with van der Waals surface area (Å²) in [6.45, 7) is 3.19. The van der Waals surface area contributed by atoms with Crippen molar-refractivity contribution in [3.8, 4) is 0 Å². The molecular weight excluding hydrogens is 190 g/mol. The van der Waals surface area contributed by atoms with Gasteiger partial charge in [0.05, 0.1) is 26.3 Å². The monoisotopic (exact) mass is 208 g/mol. The van der Waals surface area contributed by atoms with E-state index < -0.39 is 0 Å². The first-order valence-corrected chi connectivity index (χ1v) is 5.18. The van der Waals surface area contributed by atoms with Gasteiger partial charge in [0, 0.05) is 5.56 Å². The summed E-state index contributed by atoms with van der Waals surface area (Å²) in [4.78, 5) is 12.7. The SMILES string of the molecule is CCOC(=O)c1ccc(C[NH+](C)C)cc1. The number of hydrogen-bond acceptors (Lipinski definition) is 2. The fraction of sp³-hybridized carbons (Fsp3) is 0.417. The minimum Gasteiger partial charge on any atom is -0.462 e.